The molecule has 1 amide bonds. The Morgan fingerprint density at radius 3 is 2.31 bits per heavy atom. The van der Waals surface area contributed by atoms with Crippen molar-refractivity contribution in [3.05, 3.63) is 88.0 Å². The summed E-state index contributed by atoms with van der Waals surface area (Å²) < 4.78 is 39.2. The fourth-order valence-electron chi connectivity index (χ4n) is 3.45. The number of ether oxygens (including phenoxy) is 2. The van der Waals surface area contributed by atoms with Crippen LogP contribution in [0, 0.1) is 17.0 Å². The van der Waals surface area contributed by atoms with E-state index in [4.69, 9.17) is 9.47 Å². The van der Waals surface area contributed by atoms with Gasteiger partial charge in [-0.1, -0.05) is 36.4 Å². The third-order valence-electron chi connectivity index (χ3n) is 5.32. The van der Waals surface area contributed by atoms with E-state index in [0.717, 1.165) is 5.56 Å². The van der Waals surface area contributed by atoms with Gasteiger partial charge in [0.1, 0.15) is 6.04 Å². The van der Waals surface area contributed by atoms with Gasteiger partial charge in [0.25, 0.3) is 5.69 Å². The van der Waals surface area contributed by atoms with Gasteiger partial charge in [-0.3, -0.25) is 14.9 Å². The number of nitro groups is 1. The van der Waals surface area contributed by atoms with Crippen molar-refractivity contribution in [3.63, 3.8) is 0 Å². The van der Waals surface area contributed by atoms with Crippen LogP contribution >= 0.6 is 0 Å². The maximum atomic E-state index is 13.2. The normalized spacial score (nSPS) is 12.0. The van der Waals surface area contributed by atoms with Gasteiger partial charge in [0, 0.05) is 12.1 Å². The standard InChI is InChI=1S/C24H25N3O7S/c1-16-19(10-7-11-21(16)27(29)30)25-24(28)20(14-17-8-5-4-6-9-17)26-35(31,32)18-12-13-22(33-2)23(15-18)34-3/h4-13,15,20,26H,14H2,1-3H3,(H,25,28)/t20-/m1/s1. The number of nitro benzene ring substituents is 1. The van der Waals surface area contributed by atoms with E-state index in [1.54, 1.807) is 30.3 Å². The maximum Gasteiger partial charge on any atom is 0.274 e. The molecule has 0 unspecified atom stereocenters. The van der Waals surface area contributed by atoms with Crippen LogP contribution in [0.5, 0.6) is 11.5 Å². The molecule has 0 bridgehead atoms. The second-order valence-corrected chi connectivity index (χ2v) is 9.29. The lowest BCUT2D eigenvalue weighted by Crippen LogP contribution is -2.45. The molecule has 0 saturated heterocycles. The number of nitrogens with one attached hydrogen (secondary N) is 2. The largest absolute Gasteiger partial charge is 0.493 e. The number of anilines is 1. The van der Waals surface area contributed by atoms with Crippen molar-refractivity contribution in [1.82, 2.24) is 4.72 Å². The predicted octanol–water partition coefficient (Wildman–Crippen LogP) is 3.45. The van der Waals surface area contributed by atoms with Gasteiger partial charge in [-0.05, 0) is 37.1 Å². The molecule has 0 aliphatic heterocycles. The summed E-state index contributed by atoms with van der Waals surface area (Å²) in [5.41, 5.74) is 1.03. The van der Waals surface area contributed by atoms with Crippen molar-refractivity contribution in [3.8, 4) is 11.5 Å². The number of nitrogens with zero attached hydrogens (tertiary/aromatic N) is 1. The Morgan fingerprint density at radius 2 is 1.69 bits per heavy atom. The summed E-state index contributed by atoms with van der Waals surface area (Å²) in [5.74, 6) is -0.0978. The molecular weight excluding hydrogens is 474 g/mol. The number of sulfonamides is 1. The average molecular weight is 500 g/mol. The highest BCUT2D eigenvalue weighted by atomic mass is 32.2. The lowest BCUT2D eigenvalue weighted by atomic mass is 10.1. The molecule has 0 spiro atoms. The SMILES string of the molecule is COc1ccc(S(=O)(=O)N[C@H](Cc2ccccc2)C(=O)Nc2cccc([N+](=O)[O-])c2C)cc1OC. The second-order valence-electron chi connectivity index (χ2n) is 7.58. The molecule has 0 aliphatic rings. The Kier molecular flexibility index (Phi) is 8.05. The van der Waals surface area contributed by atoms with Crippen LogP contribution in [0.1, 0.15) is 11.1 Å². The maximum absolute atomic E-state index is 13.2. The van der Waals surface area contributed by atoms with Gasteiger partial charge in [-0.15, -0.1) is 0 Å². The van der Waals surface area contributed by atoms with E-state index in [1.807, 2.05) is 0 Å². The van der Waals surface area contributed by atoms with Gasteiger partial charge >= 0.3 is 0 Å². The Balaban J connectivity index is 1.94. The van der Waals surface area contributed by atoms with Crippen molar-refractivity contribution in [2.45, 2.75) is 24.3 Å². The molecule has 0 heterocycles. The van der Waals surface area contributed by atoms with E-state index in [2.05, 4.69) is 10.0 Å². The van der Waals surface area contributed by atoms with E-state index >= 15 is 0 Å². The zero-order valence-corrected chi connectivity index (χ0v) is 20.2. The minimum atomic E-state index is -4.16. The Labute approximate surface area is 203 Å². The topological polar surface area (TPSA) is 137 Å². The third kappa shape index (κ3) is 6.14. The monoisotopic (exact) mass is 499 g/mol. The van der Waals surface area contributed by atoms with E-state index in [-0.39, 0.29) is 34.0 Å². The van der Waals surface area contributed by atoms with E-state index in [1.165, 1.54) is 57.5 Å². The van der Waals surface area contributed by atoms with Crippen LogP contribution in [0.3, 0.4) is 0 Å². The molecule has 35 heavy (non-hydrogen) atoms. The first-order valence-electron chi connectivity index (χ1n) is 10.5. The number of amides is 1. The smallest absolute Gasteiger partial charge is 0.274 e. The average Bonchev–Trinajstić information content (AvgIpc) is 2.84. The molecule has 0 radical (unpaired) electrons. The van der Waals surface area contributed by atoms with Crippen LogP contribution in [-0.4, -0.2) is 39.5 Å². The molecule has 2 N–H and O–H groups in total. The lowest BCUT2D eigenvalue weighted by molar-refractivity contribution is -0.385. The summed E-state index contributed by atoms with van der Waals surface area (Å²) in [6.07, 6.45) is 0.0488. The molecule has 0 saturated carbocycles. The fraction of sp³-hybridized carbons (Fsp3) is 0.208. The molecule has 3 aromatic rings. The Bertz CT molecular complexity index is 1330. The quantitative estimate of drug-likeness (QED) is 0.322. The number of carbonyl (C=O) groups excluding carboxylic acids is 1. The van der Waals surface area contributed by atoms with Crippen LogP contribution in [0.2, 0.25) is 0 Å². The fourth-order valence-corrected chi connectivity index (χ4v) is 4.66. The van der Waals surface area contributed by atoms with Crippen molar-refractivity contribution < 1.29 is 27.6 Å². The molecular formula is C24H25N3O7S. The summed E-state index contributed by atoms with van der Waals surface area (Å²) in [7, 11) is -1.35. The third-order valence-corrected chi connectivity index (χ3v) is 6.79. The van der Waals surface area contributed by atoms with Crippen molar-refractivity contribution >= 4 is 27.3 Å². The molecule has 3 aromatic carbocycles. The first kappa shape index (κ1) is 25.7. The number of methoxy groups -OCH3 is 2. The van der Waals surface area contributed by atoms with Gasteiger partial charge in [0.15, 0.2) is 11.5 Å². The molecule has 11 heteroatoms. The van der Waals surface area contributed by atoms with Crippen molar-refractivity contribution in [2.75, 3.05) is 19.5 Å². The Morgan fingerprint density at radius 1 is 1.00 bits per heavy atom. The van der Waals surface area contributed by atoms with Crippen LogP contribution in [0.15, 0.2) is 71.6 Å². The summed E-state index contributed by atoms with van der Waals surface area (Å²) in [6.45, 7) is 1.51. The van der Waals surface area contributed by atoms with Crippen LogP contribution in [-0.2, 0) is 21.2 Å². The van der Waals surface area contributed by atoms with Gasteiger partial charge in [0.2, 0.25) is 15.9 Å². The lowest BCUT2D eigenvalue weighted by Gasteiger charge is -2.20. The minimum Gasteiger partial charge on any atom is -0.493 e. The molecule has 10 nitrogen and oxygen atoms in total. The van der Waals surface area contributed by atoms with Crippen molar-refractivity contribution in [1.29, 1.82) is 0 Å². The highest BCUT2D eigenvalue weighted by Crippen LogP contribution is 2.30. The molecule has 1 atom stereocenters. The molecule has 0 fully saturated rings. The van der Waals surface area contributed by atoms with Crippen molar-refractivity contribution in [2.24, 2.45) is 0 Å². The Hall–Kier alpha value is -3.96. The van der Waals surface area contributed by atoms with E-state index in [0.29, 0.717) is 5.75 Å². The predicted molar refractivity (Wildman–Crippen MR) is 130 cm³/mol. The second kappa shape index (κ2) is 11.0. The highest BCUT2D eigenvalue weighted by molar-refractivity contribution is 7.89. The number of benzene rings is 3. The number of hydrogen-bond donors (Lipinski definition) is 2. The van der Waals surface area contributed by atoms with Crippen LogP contribution in [0.4, 0.5) is 11.4 Å². The highest BCUT2D eigenvalue weighted by Gasteiger charge is 2.28. The van der Waals surface area contributed by atoms with Gasteiger partial charge in [0.05, 0.1) is 35.3 Å². The first-order chi connectivity index (χ1) is 16.7. The van der Waals surface area contributed by atoms with Crippen LogP contribution in [0.25, 0.3) is 0 Å². The number of rotatable bonds is 10. The summed E-state index contributed by atoms with van der Waals surface area (Å²) in [4.78, 5) is 23.8. The summed E-state index contributed by atoms with van der Waals surface area (Å²) in [6, 6.07) is 16.0. The molecule has 184 valence electrons. The van der Waals surface area contributed by atoms with E-state index < -0.39 is 26.9 Å². The van der Waals surface area contributed by atoms with Gasteiger partial charge < -0.3 is 14.8 Å². The van der Waals surface area contributed by atoms with Gasteiger partial charge in [-0.25, -0.2) is 8.42 Å². The molecule has 3 rings (SSSR count). The molecule has 0 aliphatic carbocycles. The first-order valence-corrected chi connectivity index (χ1v) is 12.0. The van der Waals surface area contributed by atoms with Gasteiger partial charge in [-0.2, -0.15) is 4.72 Å². The summed E-state index contributed by atoms with van der Waals surface area (Å²) in [5, 5.41) is 13.9. The zero-order valence-electron chi connectivity index (χ0n) is 19.3. The summed E-state index contributed by atoms with van der Waals surface area (Å²) >= 11 is 0. The minimum absolute atomic E-state index is 0.0488. The zero-order chi connectivity index (χ0) is 25.6. The number of carbonyl (C=O) groups is 1. The van der Waals surface area contributed by atoms with E-state index in [9.17, 15) is 23.3 Å². The molecule has 0 aromatic heterocycles. The number of hydrogen-bond acceptors (Lipinski definition) is 7. The van der Waals surface area contributed by atoms with Crippen LogP contribution < -0.4 is 19.5 Å².